The normalized spacial score (nSPS) is 11.8. The molecule has 0 amide bonds. The van der Waals surface area contributed by atoms with Crippen LogP contribution in [0.4, 0.5) is 26.3 Å². The van der Waals surface area contributed by atoms with E-state index in [1.54, 1.807) is 35.1 Å². The van der Waals surface area contributed by atoms with Gasteiger partial charge in [-0.1, -0.05) is 23.8 Å². The molecule has 0 aliphatic heterocycles. The van der Waals surface area contributed by atoms with Crippen molar-refractivity contribution in [2.24, 2.45) is 0 Å². The van der Waals surface area contributed by atoms with Gasteiger partial charge < -0.3 is 23.0 Å². The number of nitrogens with zero attached hydrogens (tertiary/aromatic N) is 4. The van der Waals surface area contributed by atoms with Gasteiger partial charge in [-0.15, -0.1) is 0 Å². The number of alkyl halides is 3. The van der Waals surface area contributed by atoms with Crippen molar-refractivity contribution in [1.29, 1.82) is 0 Å². The molecule has 0 fully saturated rings. The molecule has 3 aromatic carbocycles. The third-order valence-corrected chi connectivity index (χ3v) is 10.1. The first kappa shape index (κ1) is 39.6. The highest BCUT2D eigenvalue weighted by Gasteiger charge is 2.29. The number of carbonyl (C=O) groups excluding carboxylic acids is 2. The minimum absolute atomic E-state index is 0.0107. The SMILES string of the molecule is Cc1ccc2c(c1)c(-c1ccc(=O)n(CC(F)(F)F)c1)c(C)n2CC(=O)OC(=O)CCn1c(C)c(-c2ccc(=O)n(Cc3cccc(F)c3F)c2)c2cc(F)ccc21. The lowest BCUT2D eigenvalue weighted by molar-refractivity contribution is -0.160. The number of hydrogen-bond acceptors (Lipinski definition) is 5. The molecule has 0 radical (unpaired) electrons. The molecule has 4 aromatic heterocycles. The van der Waals surface area contributed by atoms with Crippen molar-refractivity contribution in [2.75, 3.05) is 0 Å². The zero-order valence-corrected chi connectivity index (χ0v) is 31.3. The molecule has 7 rings (SSSR count). The molecule has 0 atom stereocenters. The number of hydrogen-bond donors (Lipinski definition) is 0. The number of aryl methyl sites for hydroxylation is 2. The van der Waals surface area contributed by atoms with Crippen LogP contribution in [0.3, 0.4) is 0 Å². The quantitative estimate of drug-likeness (QED) is 0.0788. The van der Waals surface area contributed by atoms with E-state index in [0.717, 1.165) is 23.9 Å². The molecular formula is C43H34F6N4O5. The summed E-state index contributed by atoms with van der Waals surface area (Å²) in [6, 6.07) is 18.4. The second-order valence-corrected chi connectivity index (χ2v) is 14.0. The monoisotopic (exact) mass is 800 g/mol. The number of carbonyl (C=O) groups is 2. The van der Waals surface area contributed by atoms with Gasteiger partial charge in [0.05, 0.1) is 13.0 Å². The van der Waals surface area contributed by atoms with E-state index in [0.29, 0.717) is 60.0 Å². The van der Waals surface area contributed by atoms with E-state index in [4.69, 9.17) is 4.74 Å². The molecule has 0 bridgehead atoms. The Kier molecular flexibility index (Phi) is 10.5. The zero-order valence-electron chi connectivity index (χ0n) is 31.3. The van der Waals surface area contributed by atoms with Gasteiger partial charge in [0.25, 0.3) is 11.1 Å². The summed E-state index contributed by atoms with van der Waals surface area (Å²) in [7, 11) is 0. The highest BCUT2D eigenvalue weighted by molar-refractivity contribution is 6.00. The van der Waals surface area contributed by atoms with E-state index in [2.05, 4.69) is 0 Å². The van der Waals surface area contributed by atoms with E-state index in [1.165, 1.54) is 59.3 Å². The largest absolute Gasteiger partial charge is 0.406 e. The molecule has 0 aliphatic carbocycles. The average molecular weight is 801 g/mol. The Morgan fingerprint density at radius 2 is 1.29 bits per heavy atom. The Bertz CT molecular complexity index is 2900. The lowest BCUT2D eigenvalue weighted by atomic mass is 10.0. The molecule has 0 aliphatic rings. The summed E-state index contributed by atoms with van der Waals surface area (Å²) >= 11 is 0. The number of fused-ring (bicyclic) bond motifs is 2. The maximum Gasteiger partial charge on any atom is 0.406 e. The molecular weight excluding hydrogens is 766 g/mol. The molecule has 15 heteroatoms. The van der Waals surface area contributed by atoms with Crippen molar-refractivity contribution >= 4 is 33.7 Å². The maximum atomic E-state index is 14.6. The van der Waals surface area contributed by atoms with E-state index in [1.807, 2.05) is 13.0 Å². The summed E-state index contributed by atoms with van der Waals surface area (Å²) in [4.78, 5) is 51.5. The number of aromatic nitrogens is 4. The standard InChI is InChI=1S/C43H34F6N4O5/c1-24-7-11-35-31(17-24)41(28-9-14-37(55)51(20-28)23-43(47,48)49)26(3)53(35)22-39(57)58-38(56)15-16-52-25(2)40(32-18-30(44)10-12-34(32)52)27-8-13-36(54)50(19-27)21-29-5-4-6-33(45)42(29)46/h4-14,17-20H,15-16,21-23H2,1-3H3. The van der Waals surface area contributed by atoms with Crippen molar-refractivity contribution in [2.45, 2.75) is 59.5 Å². The number of ether oxygens (including phenoxy) is 1. The fourth-order valence-electron chi connectivity index (χ4n) is 7.47. The molecule has 0 N–H and O–H groups in total. The second kappa shape index (κ2) is 15.4. The van der Waals surface area contributed by atoms with E-state index in [9.17, 15) is 45.5 Å². The lowest BCUT2D eigenvalue weighted by Crippen LogP contribution is -2.27. The first-order valence-corrected chi connectivity index (χ1v) is 18.0. The Labute approximate surface area is 325 Å². The van der Waals surface area contributed by atoms with Crippen molar-refractivity contribution in [3.8, 4) is 22.3 Å². The third kappa shape index (κ3) is 7.84. The third-order valence-electron chi connectivity index (χ3n) is 10.1. The summed E-state index contributed by atoms with van der Waals surface area (Å²) in [5.74, 6) is -4.43. The summed E-state index contributed by atoms with van der Waals surface area (Å²) < 4.78 is 93.1. The minimum atomic E-state index is -4.63. The molecule has 7 aromatic rings. The summed E-state index contributed by atoms with van der Waals surface area (Å²) in [6.45, 7) is 3.10. The van der Waals surface area contributed by atoms with Crippen LogP contribution in [0.25, 0.3) is 44.1 Å². The van der Waals surface area contributed by atoms with Crippen LogP contribution in [0.5, 0.6) is 0 Å². The summed E-state index contributed by atoms with van der Waals surface area (Å²) in [5, 5.41) is 1.08. The first-order valence-electron chi connectivity index (χ1n) is 18.0. The van der Waals surface area contributed by atoms with Crippen molar-refractivity contribution in [3.63, 3.8) is 0 Å². The lowest BCUT2D eigenvalue weighted by Gasteiger charge is -2.12. The van der Waals surface area contributed by atoms with Gasteiger partial charge in [-0.05, 0) is 69.3 Å². The molecule has 0 spiro atoms. The van der Waals surface area contributed by atoms with E-state index in [-0.39, 0.29) is 25.1 Å². The van der Waals surface area contributed by atoms with Gasteiger partial charge in [-0.25, -0.2) is 18.0 Å². The van der Waals surface area contributed by atoms with Crippen LogP contribution in [0, 0.1) is 38.2 Å². The number of rotatable bonds is 10. The maximum absolute atomic E-state index is 14.6. The van der Waals surface area contributed by atoms with Crippen LogP contribution in [0.2, 0.25) is 0 Å². The molecule has 0 saturated carbocycles. The smallest absolute Gasteiger partial charge is 0.392 e. The highest BCUT2D eigenvalue weighted by Crippen LogP contribution is 2.37. The van der Waals surface area contributed by atoms with Gasteiger partial charge in [0.2, 0.25) is 0 Å². The van der Waals surface area contributed by atoms with Crippen LogP contribution in [0.15, 0.2) is 101 Å². The Morgan fingerprint density at radius 3 is 1.98 bits per heavy atom. The van der Waals surface area contributed by atoms with Gasteiger partial charge in [-0.3, -0.25) is 14.4 Å². The van der Waals surface area contributed by atoms with Gasteiger partial charge in [0, 0.05) is 92.1 Å². The predicted molar refractivity (Wildman–Crippen MR) is 205 cm³/mol. The van der Waals surface area contributed by atoms with Gasteiger partial charge in [0.15, 0.2) is 11.6 Å². The fourth-order valence-corrected chi connectivity index (χ4v) is 7.47. The Morgan fingerprint density at radius 1 is 0.690 bits per heavy atom. The van der Waals surface area contributed by atoms with Crippen LogP contribution >= 0.6 is 0 Å². The number of benzene rings is 3. The van der Waals surface area contributed by atoms with Gasteiger partial charge in [0.1, 0.15) is 18.9 Å². The van der Waals surface area contributed by atoms with Gasteiger partial charge in [-0.2, -0.15) is 13.2 Å². The summed E-state index contributed by atoms with van der Waals surface area (Å²) in [6.07, 6.45) is -2.31. The zero-order chi connectivity index (χ0) is 41.6. The van der Waals surface area contributed by atoms with E-state index >= 15 is 0 Å². The molecule has 4 heterocycles. The van der Waals surface area contributed by atoms with E-state index < -0.39 is 59.8 Å². The first-order chi connectivity index (χ1) is 27.5. The van der Waals surface area contributed by atoms with Crippen molar-refractivity contribution < 1.29 is 40.7 Å². The number of esters is 2. The molecule has 0 unspecified atom stereocenters. The molecule has 9 nitrogen and oxygen atoms in total. The number of halogens is 6. The average Bonchev–Trinajstić information content (AvgIpc) is 3.58. The molecule has 58 heavy (non-hydrogen) atoms. The van der Waals surface area contributed by atoms with Crippen molar-refractivity contribution in [3.05, 3.63) is 152 Å². The summed E-state index contributed by atoms with van der Waals surface area (Å²) in [5.41, 5.74) is 3.50. The highest BCUT2D eigenvalue weighted by atomic mass is 19.4. The van der Waals surface area contributed by atoms with Crippen LogP contribution < -0.4 is 11.1 Å². The van der Waals surface area contributed by atoms with Crippen LogP contribution in [-0.4, -0.2) is 36.4 Å². The molecule has 298 valence electrons. The second-order valence-electron chi connectivity index (χ2n) is 14.0. The fraction of sp³-hybridized carbons (Fsp3) is 0.209. The topological polar surface area (TPSA) is 97.2 Å². The van der Waals surface area contributed by atoms with Crippen molar-refractivity contribution in [1.82, 2.24) is 18.3 Å². The van der Waals surface area contributed by atoms with Crippen LogP contribution in [-0.2, 0) is 40.5 Å². The minimum Gasteiger partial charge on any atom is -0.392 e. The Hall–Kier alpha value is -6.64. The van der Waals surface area contributed by atoms with Gasteiger partial charge >= 0.3 is 18.1 Å². The Balaban J connectivity index is 1.13. The number of pyridine rings is 2. The van der Waals surface area contributed by atoms with Crippen LogP contribution in [0.1, 0.15) is 28.9 Å². The molecule has 0 saturated heterocycles. The predicted octanol–water partition coefficient (Wildman–Crippen LogP) is 8.37.